The van der Waals surface area contributed by atoms with Crippen LogP contribution in [0.3, 0.4) is 0 Å². The molecule has 2 aromatic heterocycles. The molecular formula is C31H29F3N6O2. The Balaban J connectivity index is 1.26. The SMILES string of the molecule is Cc1ccc(C(=O)Nc2ccc(CNCCN3CCC(=O)CC3)c(C(F)(F)F)c2)cc1C#Cc1cnc2cccnn12. The monoisotopic (exact) mass is 574 g/mol. The molecule has 2 N–H and O–H groups in total. The summed E-state index contributed by atoms with van der Waals surface area (Å²) in [6.07, 6.45) is -0.321. The molecular weight excluding hydrogens is 545 g/mol. The van der Waals surface area contributed by atoms with Gasteiger partial charge >= 0.3 is 6.18 Å². The zero-order valence-electron chi connectivity index (χ0n) is 23.0. The molecule has 0 spiro atoms. The van der Waals surface area contributed by atoms with E-state index in [-0.39, 0.29) is 29.1 Å². The first-order valence-electron chi connectivity index (χ1n) is 13.5. The third-order valence-electron chi connectivity index (χ3n) is 7.11. The third-order valence-corrected chi connectivity index (χ3v) is 7.11. The van der Waals surface area contributed by atoms with Gasteiger partial charge < -0.3 is 15.5 Å². The van der Waals surface area contributed by atoms with Gasteiger partial charge in [0.15, 0.2) is 5.65 Å². The number of ketones is 1. The first-order chi connectivity index (χ1) is 20.2. The minimum absolute atomic E-state index is 0.0256. The van der Waals surface area contributed by atoms with E-state index >= 15 is 0 Å². The van der Waals surface area contributed by atoms with Gasteiger partial charge in [-0.15, -0.1) is 0 Å². The van der Waals surface area contributed by atoms with Crippen LogP contribution in [0.2, 0.25) is 0 Å². The van der Waals surface area contributed by atoms with Gasteiger partial charge in [-0.05, 0) is 60.4 Å². The van der Waals surface area contributed by atoms with Crippen LogP contribution in [-0.4, -0.2) is 57.4 Å². The number of Topliss-reactive ketones (excluding diaryl/α,β-unsaturated/α-hetero) is 1. The number of nitrogens with one attached hydrogen (secondary N) is 2. The van der Waals surface area contributed by atoms with Crippen LogP contribution in [-0.2, 0) is 17.5 Å². The number of hydrogen-bond donors (Lipinski definition) is 2. The highest BCUT2D eigenvalue weighted by atomic mass is 19.4. The molecule has 42 heavy (non-hydrogen) atoms. The minimum Gasteiger partial charge on any atom is -0.322 e. The van der Waals surface area contributed by atoms with E-state index < -0.39 is 17.6 Å². The number of carbonyl (C=O) groups excluding carboxylic acids is 2. The molecule has 4 aromatic rings. The summed E-state index contributed by atoms with van der Waals surface area (Å²) in [5, 5.41) is 9.89. The van der Waals surface area contributed by atoms with Crippen molar-refractivity contribution >= 4 is 23.0 Å². The number of likely N-dealkylation sites (tertiary alicyclic amines) is 1. The van der Waals surface area contributed by atoms with Crippen molar-refractivity contribution in [2.24, 2.45) is 0 Å². The molecule has 216 valence electrons. The molecule has 1 aliphatic rings. The fourth-order valence-corrected chi connectivity index (χ4v) is 4.71. The van der Waals surface area contributed by atoms with Gasteiger partial charge in [0.05, 0.1) is 11.8 Å². The maximum atomic E-state index is 13.9. The smallest absolute Gasteiger partial charge is 0.322 e. The number of imidazole rings is 1. The van der Waals surface area contributed by atoms with Gasteiger partial charge in [-0.1, -0.05) is 18.1 Å². The minimum atomic E-state index is -4.59. The zero-order valence-corrected chi connectivity index (χ0v) is 23.0. The van der Waals surface area contributed by atoms with Gasteiger partial charge in [-0.2, -0.15) is 18.3 Å². The van der Waals surface area contributed by atoms with Crippen LogP contribution >= 0.6 is 0 Å². The second-order valence-electron chi connectivity index (χ2n) is 10.1. The van der Waals surface area contributed by atoms with Crippen LogP contribution in [0.5, 0.6) is 0 Å². The van der Waals surface area contributed by atoms with Gasteiger partial charge in [0.25, 0.3) is 5.91 Å². The van der Waals surface area contributed by atoms with E-state index in [1.165, 1.54) is 12.1 Å². The summed E-state index contributed by atoms with van der Waals surface area (Å²) in [6.45, 7) is 4.39. The van der Waals surface area contributed by atoms with Crippen molar-refractivity contribution in [1.29, 1.82) is 0 Å². The molecule has 0 radical (unpaired) electrons. The standard InChI is InChI=1S/C31H29F3N6O2/c1-21-4-5-23(17-22(21)7-9-26-20-36-29-3-2-12-37-40(26)29)30(42)38-25-8-6-24(28(18-25)31(32,33)34)19-35-13-16-39-14-10-27(41)11-15-39/h2-6,8,12,17-18,20,35H,10-11,13-16,19H2,1H3,(H,38,42). The number of alkyl halides is 3. The average Bonchev–Trinajstić information content (AvgIpc) is 3.39. The lowest BCUT2D eigenvalue weighted by atomic mass is 10.0. The van der Waals surface area contributed by atoms with E-state index in [2.05, 4.69) is 37.5 Å². The van der Waals surface area contributed by atoms with Crippen molar-refractivity contribution in [2.75, 3.05) is 31.5 Å². The Bertz CT molecular complexity index is 1680. The summed E-state index contributed by atoms with van der Waals surface area (Å²) in [7, 11) is 0. The number of fused-ring (bicyclic) bond motifs is 1. The quantitative estimate of drug-likeness (QED) is 0.250. The van der Waals surface area contributed by atoms with Crippen LogP contribution in [0.1, 0.15) is 51.1 Å². The van der Waals surface area contributed by atoms with Gasteiger partial charge in [0, 0.05) is 68.6 Å². The number of piperidine rings is 1. The van der Waals surface area contributed by atoms with Crippen molar-refractivity contribution in [3.63, 3.8) is 0 Å². The Morgan fingerprint density at radius 1 is 1.07 bits per heavy atom. The zero-order chi connectivity index (χ0) is 29.7. The molecule has 3 heterocycles. The maximum absolute atomic E-state index is 13.9. The lowest BCUT2D eigenvalue weighted by Crippen LogP contribution is -2.38. The van der Waals surface area contributed by atoms with Crippen molar-refractivity contribution in [1.82, 2.24) is 24.8 Å². The average molecular weight is 575 g/mol. The largest absolute Gasteiger partial charge is 0.416 e. The number of nitrogens with zero attached hydrogens (tertiary/aromatic N) is 4. The molecule has 1 aliphatic heterocycles. The number of carbonyl (C=O) groups is 2. The first-order valence-corrected chi connectivity index (χ1v) is 13.5. The maximum Gasteiger partial charge on any atom is 0.416 e. The van der Waals surface area contributed by atoms with E-state index in [4.69, 9.17) is 0 Å². The van der Waals surface area contributed by atoms with Crippen LogP contribution in [0.4, 0.5) is 18.9 Å². The number of halogens is 3. The molecule has 2 aromatic carbocycles. The van der Waals surface area contributed by atoms with Crippen LogP contribution in [0.15, 0.2) is 60.9 Å². The number of hydrogen-bond acceptors (Lipinski definition) is 6. The molecule has 5 rings (SSSR count). The molecule has 0 saturated carbocycles. The molecule has 1 saturated heterocycles. The molecule has 1 amide bonds. The molecule has 0 unspecified atom stereocenters. The lowest BCUT2D eigenvalue weighted by molar-refractivity contribution is -0.138. The number of rotatable bonds is 7. The molecule has 0 aliphatic carbocycles. The Kier molecular flexibility index (Phi) is 8.66. The van der Waals surface area contributed by atoms with Crippen molar-refractivity contribution < 1.29 is 22.8 Å². The number of aryl methyl sites for hydroxylation is 1. The third kappa shape index (κ3) is 7.02. The fraction of sp³-hybridized carbons (Fsp3) is 0.290. The number of aromatic nitrogens is 3. The van der Waals surface area contributed by atoms with E-state index in [0.29, 0.717) is 55.9 Å². The lowest BCUT2D eigenvalue weighted by Gasteiger charge is -2.25. The Labute approximate surface area is 240 Å². The van der Waals surface area contributed by atoms with E-state index in [9.17, 15) is 22.8 Å². The summed E-state index contributed by atoms with van der Waals surface area (Å²) in [5.74, 6) is 5.76. The van der Waals surface area contributed by atoms with Crippen molar-refractivity contribution in [2.45, 2.75) is 32.5 Å². The highest BCUT2D eigenvalue weighted by molar-refractivity contribution is 6.04. The second kappa shape index (κ2) is 12.5. The predicted octanol–water partition coefficient (Wildman–Crippen LogP) is 4.46. The molecule has 8 nitrogen and oxygen atoms in total. The molecule has 1 fully saturated rings. The molecule has 11 heteroatoms. The Hall–Kier alpha value is -4.53. The van der Waals surface area contributed by atoms with E-state index in [1.807, 2.05) is 13.0 Å². The second-order valence-corrected chi connectivity index (χ2v) is 10.1. The van der Waals surface area contributed by atoms with Gasteiger partial charge in [-0.3, -0.25) is 9.59 Å². The molecule has 0 bridgehead atoms. The highest BCUT2D eigenvalue weighted by Gasteiger charge is 2.33. The highest BCUT2D eigenvalue weighted by Crippen LogP contribution is 2.34. The number of amides is 1. The fourth-order valence-electron chi connectivity index (χ4n) is 4.71. The van der Waals surface area contributed by atoms with Crippen LogP contribution < -0.4 is 10.6 Å². The Morgan fingerprint density at radius 3 is 2.67 bits per heavy atom. The topological polar surface area (TPSA) is 91.6 Å². The van der Waals surface area contributed by atoms with Gasteiger partial charge in [0.1, 0.15) is 11.5 Å². The summed E-state index contributed by atoms with van der Waals surface area (Å²) in [5.41, 5.74) is 2.25. The van der Waals surface area contributed by atoms with Gasteiger partial charge in [0.2, 0.25) is 0 Å². The summed E-state index contributed by atoms with van der Waals surface area (Å²) in [4.78, 5) is 30.8. The predicted molar refractivity (Wildman–Crippen MR) is 152 cm³/mol. The van der Waals surface area contributed by atoms with E-state index in [0.717, 1.165) is 11.6 Å². The van der Waals surface area contributed by atoms with Crippen LogP contribution in [0.25, 0.3) is 5.65 Å². The summed E-state index contributed by atoms with van der Waals surface area (Å²) >= 11 is 0. The first kappa shape index (κ1) is 29.0. The number of anilines is 1. The number of benzene rings is 2. The van der Waals surface area contributed by atoms with Crippen LogP contribution in [0, 0.1) is 18.8 Å². The Morgan fingerprint density at radius 2 is 1.88 bits per heavy atom. The van der Waals surface area contributed by atoms with E-state index in [1.54, 1.807) is 41.2 Å². The molecule has 0 atom stereocenters. The van der Waals surface area contributed by atoms with Crippen molar-refractivity contribution in [3.05, 3.63) is 94.4 Å². The van der Waals surface area contributed by atoms with Gasteiger partial charge in [-0.25, -0.2) is 9.50 Å². The summed E-state index contributed by atoms with van der Waals surface area (Å²) < 4.78 is 43.4. The van der Waals surface area contributed by atoms with Crippen molar-refractivity contribution in [3.8, 4) is 11.8 Å². The normalized spacial score (nSPS) is 14.0. The summed E-state index contributed by atoms with van der Waals surface area (Å²) in [6, 6.07) is 12.3.